The standard InChI is InChI=1S/C16H13FN2O6/c1-10(16(21)18-12-4-2-3-11(17)9-12)24-15(20)8-6-13-5-7-14(25-13)19(22)23/h2-10H,1H3,(H,18,21)/b8-6+/t10-/m0/s1. The van der Waals surface area contributed by atoms with E-state index in [4.69, 9.17) is 9.15 Å². The number of ether oxygens (including phenoxy) is 1. The fourth-order valence-electron chi connectivity index (χ4n) is 1.76. The number of amides is 1. The van der Waals surface area contributed by atoms with E-state index in [0.717, 1.165) is 18.2 Å². The highest BCUT2D eigenvalue weighted by Gasteiger charge is 2.17. The number of nitro groups is 1. The Morgan fingerprint density at radius 2 is 2.12 bits per heavy atom. The van der Waals surface area contributed by atoms with Crippen LogP contribution >= 0.6 is 0 Å². The zero-order valence-corrected chi connectivity index (χ0v) is 13.0. The average Bonchev–Trinajstić information content (AvgIpc) is 3.02. The molecule has 0 aliphatic rings. The first kappa shape index (κ1) is 17.9. The first-order valence-corrected chi connectivity index (χ1v) is 7.04. The predicted octanol–water partition coefficient (Wildman–Crippen LogP) is 2.91. The second-order valence-electron chi connectivity index (χ2n) is 4.85. The Morgan fingerprint density at radius 3 is 2.76 bits per heavy atom. The van der Waals surface area contributed by atoms with Gasteiger partial charge in [0.2, 0.25) is 0 Å². The van der Waals surface area contributed by atoms with Crippen molar-refractivity contribution >= 4 is 29.5 Å². The molecule has 0 saturated heterocycles. The third-order valence-electron chi connectivity index (χ3n) is 2.93. The zero-order chi connectivity index (χ0) is 18.4. The lowest BCUT2D eigenvalue weighted by Gasteiger charge is -2.12. The van der Waals surface area contributed by atoms with Crippen LogP contribution in [0.3, 0.4) is 0 Å². The Bertz CT molecular complexity index is 830. The van der Waals surface area contributed by atoms with Crippen molar-refractivity contribution in [3.63, 3.8) is 0 Å². The molecule has 1 heterocycles. The number of benzene rings is 1. The van der Waals surface area contributed by atoms with Crippen LogP contribution in [0.5, 0.6) is 0 Å². The summed E-state index contributed by atoms with van der Waals surface area (Å²) in [6, 6.07) is 7.70. The van der Waals surface area contributed by atoms with E-state index in [0.29, 0.717) is 0 Å². The lowest BCUT2D eigenvalue weighted by atomic mass is 10.3. The molecule has 0 unspecified atom stereocenters. The Labute approximate surface area is 141 Å². The Kier molecular flexibility index (Phi) is 5.62. The van der Waals surface area contributed by atoms with E-state index in [1.54, 1.807) is 0 Å². The van der Waals surface area contributed by atoms with Gasteiger partial charge in [-0.15, -0.1) is 0 Å². The molecule has 0 saturated carbocycles. The highest BCUT2D eigenvalue weighted by molar-refractivity contribution is 5.96. The second kappa shape index (κ2) is 7.86. The van der Waals surface area contributed by atoms with Gasteiger partial charge in [-0.3, -0.25) is 14.9 Å². The van der Waals surface area contributed by atoms with Crippen molar-refractivity contribution in [1.82, 2.24) is 0 Å². The van der Waals surface area contributed by atoms with Crippen molar-refractivity contribution in [1.29, 1.82) is 0 Å². The zero-order valence-electron chi connectivity index (χ0n) is 13.0. The normalized spacial score (nSPS) is 11.9. The summed E-state index contributed by atoms with van der Waals surface area (Å²) in [6.45, 7) is 1.35. The van der Waals surface area contributed by atoms with Gasteiger partial charge in [-0.05, 0) is 37.3 Å². The molecule has 130 valence electrons. The highest BCUT2D eigenvalue weighted by Crippen LogP contribution is 2.16. The van der Waals surface area contributed by atoms with E-state index in [1.165, 1.54) is 37.3 Å². The maximum Gasteiger partial charge on any atom is 0.433 e. The summed E-state index contributed by atoms with van der Waals surface area (Å²) >= 11 is 0. The minimum absolute atomic E-state index is 0.0838. The first-order valence-electron chi connectivity index (χ1n) is 7.04. The van der Waals surface area contributed by atoms with Gasteiger partial charge in [0.25, 0.3) is 5.91 Å². The molecule has 25 heavy (non-hydrogen) atoms. The van der Waals surface area contributed by atoms with Crippen LogP contribution in [0.2, 0.25) is 0 Å². The summed E-state index contributed by atoms with van der Waals surface area (Å²) in [7, 11) is 0. The molecule has 1 atom stereocenters. The third kappa shape index (κ3) is 5.27. The van der Waals surface area contributed by atoms with Gasteiger partial charge < -0.3 is 14.5 Å². The van der Waals surface area contributed by atoms with Crippen LogP contribution in [0.15, 0.2) is 46.9 Å². The van der Waals surface area contributed by atoms with Gasteiger partial charge in [-0.25, -0.2) is 9.18 Å². The summed E-state index contributed by atoms with van der Waals surface area (Å²) < 4.78 is 22.8. The number of halogens is 1. The van der Waals surface area contributed by atoms with E-state index in [1.807, 2.05) is 0 Å². The molecule has 1 N–H and O–H groups in total. The Hall–Kier alpha value is -3.49. The quantitative estimate of drug-likeness (QED) is 0.372. The number of nitrogens with zero attached hydrogens (tertiary/aromatic N) is 1. The van der Waals surface area contributed by atoms with E-state index in [-0.39, 0.29) is 11.4 Å². The molecular formula is C16H13FN2O6. The number of esters is 1. The fraction of sp³-hybridized carbons (Fsp3) is 0.125. The molecular weight excluding hydrogens is 335 g/mol. The van der Waals surface area contributed by atoms with E-state index >= 15 is 0 Å². The van der Waals surface area contributed by atoms with Crippen molar-refractivity contribution in [3.05, 3.63) is 64.2 Å². The number of anilines is 1. The molecule has 0 fully saturated rings. The largest absolute Gasteiger partial charge is 0.449 e. The maximum absolute atomic E-state index is 13.0. The molecule has 0 bridgehead atoms. The summed E-state index contributed by atoms with van der Waals surface area (Å²) in [5.41, 5.74) is 0.228. The van der Waals surface area contributed by atoms with Crippen molar-refractivity contribution in [3.8, 4) is 0 Å². The minimum Gasteiger partial charge on any atom is -0.449 e. The smallest absolute Gasteiger partial charge is 0.433 e. The van der Waals surface area contributed by atoms with Crippen molar-refractivity contribution < 1.29 is 28.1 Å². The van der Waals surface area contributed by atoms with Crippen LogP contribution in [0.1, 0.15) is 12.7 Å². The lowest BCUT2D eigenvalue weighted by molar-refractivity contribution is -0.402. The second-order valence-corrected chi connectivity index (χ2v) is 4.85. The Morgan fingerprint density at radius 1 is 1.36 bits per heavy atom. The van der Waals surface area contributed by atoms with Crippen LogP contribution in [0, 0.1) is 15.9 Å². The van der Waals surface area contributed by atoms with Crippen molar-refractivity contribution in [2.75, 3.05) is 5.32 Å². The highest BCUT2D eigenvalue weighted by atomic mass is 19.1. The topological polar surface area (TPSA) is 112 Å². The molecule has 9 heteroatoms. The molecule has 2 aromatic rings. The van der Waals surface area contributed by atoms with Crippen LogP contribution < -0.4 is 5.32 Å². The number of carbonyl (C=O) groups excluding carboxylic acids is 2. The number of carbonyl (C=O) groups is 2. The summed E-state index contributed by atoms with van der Waals surface area (Å²) in [6.07, 6.45) is 1.01. The van der Waals surface area contributed by atoms with Gasteiger partial charge in [0, 0.05) is 11.8 Å². The monoisotopic (exact) mass is 348 g/mol. The number of hydrogen-bond donors (Lipinski definition) is 1. The van der Waals surface area contributed by atoms with E-state index in [9.17, 15) is 24.1 Å². The van der Waals surface area contributed by atoms with Gasteiger partial charge in [0.15, 0.2) is 6.10 Å². The molecule has 0 aliphatic heterocycles. The molecule has 1 aromatic heterocycles. The van der Waals surface area contributed by atoms with Crippen LogP contribution in [0.4, 0.5) is 16.0 Å². The average molecular weight is 348 g/mol. The molecule has 1 amide bonds. The molecule has 0 radical (unpaired) electrons. The van der Waals surface area contributed by atoms with Crippen LogP contribution in [-0.4, -0.2) is 22.9 Å². The van der Waals surface area contributed by atoms with Gasteiger partial charge >= 0.3 is 11.9 Å². The van der Waals surface area contributed by atoms with Gasteiger partial charge in [-0.1, -0.05) is 6.07 Å². The summed E-state index contributed by atoms with van der Waals surface area (Å²) in [5.74, 6) is -2.38. The first-order chi connectivity index (χ1) is 11.8. The van der Waals surface area contributed by atoms with Gasteiger partial charge in [0.05, 0.1) is 6.07 Å². The maximum atomic E-state index is 13.0. The lowest BCUT2D eigenvalue weighted by Crippen LogP contribution is -2.29. The van der Waals surface area contributed by atoms with E-state index < -0.39 is 34.6 Å². The summed E-state index contributed by atoms with van der Waals surface area (Å²) in [4.78, 5) is 33.3. The van der Waals surface area contributed by atoms with Gasteiger partial charge in [-0.2, -0.15) is 0 Å². The van der Waals surface area contributed by atoms with E-state index in [2.05, 4.69) is 5.32 Å². The molecule has 0 spiro atoms. The SMILES string of the molecule is C[C@H](OC(=O)/C=C/c1ccc([N+](=O)[O-])o1)C(=O)Nc1cccc(F)c1. The number of hydrogen-bond acceptors (Lipinski definition) is 6. The fourth-order valence-corrected chi connectivity index (χ4v) is 1.76. The van der Waals surface area contributed by atoms with Gasteiger partial charge in [0.1, 0.15) is 16.5 Å². The van der Waals surface area contributed by atoms with Crippen molar-refractivity contribution in [2.45, 2.75) is 13.0 Å². The predicted molar refractivity (Wildman–Crippen MR) is 85.0 cm³/mol. The third-order valence-corrected chi connectivity index (χ3v) is 2.93. The molecule has 2 rings (SSSR count). The number of nitrogens with one attached hydrogen (secondary N) is 1. The molecule has 8 nitrogen and oxygen atoms in total. The van der Waals surface area contributed by atoms with Crippen LogP contribution in [-0.2, 0) is 14.3 Å². The number of furan rings is 1. The number of rotatable bonds is 6. The van der Waals surface area contributed by atoms with Crippen LogP contribution in [0.25, 0.3) is 6.08 Å². The van der Waals surface area contributed by atoms with Crippen molar-refractivity contribution in [2.24, 2.45) is 0 Å². The summed E-state index contributed by atoms with van der Waals surface area (Å²) in [5, 5.41) is 12.9. The minimum atomic E-state index is -1.13. The molecule has 0 aliphatic carbocycles. The molecule has 1 aromatic carbocycles. The Balaban J connectivity index is 1.89.